The Labute approximate surface area is 164 Å². The molecule has 1 N–H and O–H groups in total. The molecule has 1 atom stereocenters. The van der Waals surface area contributed by atoms with Gasteiger partial charge < -0.3 is 19.5 Å². The lowest BCUT2D eigenvalue weighted by atomic mass is 10.0. The Hall–Kier alpha value is -3.09. The van der Waals surface area contributed by atoms with Crippen LogP contribution in [0.4, 0.5) is 0 Å². The smallest absolute Gasteiger partial charge is 0.287 e. The van der Waals surface area contributed by atoms with Crippen molar-refractivity contribution in [2.75, 3.05) is 26.2 Å². The molecule has 3 rings (SSSR count). The molecule has 7 heteroatoms. The zero-order chi connectivity index (χ0) is 19.9. The number of carbonyl (C=O) groups excluding carboxylic acids is 3. The molecule has 3 amide bonds. The molecule has 2 aromatic rings. The second kappa shape index (κ2) is 9.21. The van der Waals surface area contributed by atoms with Gasteiger partial charge in [-0.15, -0.1) is 0 Å². The molecule has 1 saturated heterocycles. The van der Waals surface area contributed by atoms with Gasteiger partial charge in [-0.2, -0.15) is 0 Å². The molecule has 1 aliphatic heterocycles. The molecule has 0 radical (unpaired) electrons. The van der Waals surface area contributed by atoms with Crippen molar-refractivity contribution >= 4 is 17.7 Å². The van der Waals surface area contributed by atoms with E-state index in [2.05, 4.69) is 5.32 Å². The van der Waals surface area contributed by atoms with Gasteiger partial charge in [-0.3, -0.25) is 14.4 Å². The Balaban J connectivity index is 1.69. The highest BCUT2D eigenvalue weighted by Gasteiger charge is 2.30. The van der Waals surface area contributed by atoms with E-state index in [0.717, 1.165) is 5.56 Å². The summed E-state index contributed by atoms with van der Waals surface area (Å²) in [5.74, 6) is -0.297. The lowest BCUT2D eigenvalue weighted by Gasteiger charge is -2.36. The van der Waals surface area contributed by atoms with Crippen molar-refractivity contribution < 1.29 is 18.8 Å². The number of nitrogens with zero attached hydrogens (tertiary/aromatic N) is 2. The molecule has 0 aliphatic carbocycles. The monoisotopic (exact) mass is 383 g/mol. The molecular weight excluding hydrogens is 358 g/mol. The molecule has 0 spiro atoms. The zero-order valence-electron chi connectivity index (χ0n) is 16.0. The largest absolute Gasteiger partial charge is 0.459 e. The fourth-order valence-electron chi connectivity index (χ4n) is 3.31. The highest BCUT2D eigenvalue weighted by molar-refractivity contribution is 5.95. The van der Waals surface area contributed by atoms with Crippen molar-refractivity contribution in [3.63, 3.8) is 0 Å². The van der Waals surface area contributed by atoms with Gasteiger partial charge in [-0.1, -0.05) is 37.3 Å². The molecule has 7 nitrogen and oxygen atoms in total. The van der Waals surface area contributed by atoms with Crippen LogP contribution >= 0.6 is 0 Å². The third-order valence-electron chi connectivity index (χ3n) is 4.88. The SMILES string of the molecule is CCC(=O)N1CCN(C(=O)C(Cc2ccccc2)NC(=O)c2ccco2)CC1. The van der Waals surface area contributed by atoms with Crippen LogP contribution in [0.15, 0.2) is 53.1 Å². The first-order valence-corrected chi connectivity index (χ1v) is 9.53. The summed E-state index contributed by atoms with van der Waals surface area (Å²) in [4.78, 5) is 40.9. The summed E-state index contributed by atoms with van der Waals surface area (Å²) in [7, 11) is 0. The van der Waals surface area contributed by atoms with Crippen LogP contribution in [-0.2, 0) is 16.0 Å². The number of amides is 3. The molecule has 0 bridgehead atoms. The molecular formula is C21H25N3O4. The van der Waals surface area contributed by atoms with Crippen LogP contribution in [0, 0.1) is 0 Å². The van der Waals surface area contributed by atoms with Crippen molar-refractivity contribution in [1.29, 1.82) is 0 Å². The quantitative estimate of drug-likeness (QED) is 0.823. The van der Waals surface area contributed by atoms with E-state index in [-0.39, 0.29) is 17.6 Å². The maximum Gasteiger partial charge on any atom is 0.287 e. The minimum absolute atomic E-state index is 0.0963. The van der Waals surface area contributed by atoms with Gasteiger partial charge in [-0.25, -0.2) is 0 Å². The second-order valence-electron chi connectivity index (χ2n) is 6.75. The highest BCUT2D eigenvalue weighted by Crippen LogP contribution is 2.11. The summed E-state index contributed by atoms with van der Waals surface area (Å²) < 4.78 is 5.14. The third-order valence-corrected chi connectivity index (χ3v) is 4.88. The maximum absolute atomic E-state index is 13.1. The minimum Gasteiger partial charge on any atom is -0.459 e. The summed E-state index contributed by atoms with van der Waals surface area (Å²) in [5.41, 5.74) is 0.959. The summed E-state index contributed by atoms with van der Waals surface area (Å²) in [6.07, 6.45) is 2.27. The van der Waals surface area contributed by atoms with Crippen LogP contribution < -0.4 is 5.32 Å². The number of hydrogen-bond acceptors (Lipinski definition) is 4. The summed E-state index contributed by atoms with van der Waals surface area (Å²) in [5, 5.41) is 2.81. The number of rotatable bonds is 6. The minimum atomic E-state index is -0.701. The van der Waals surface area contributed by atoms with Gasteiger partial charge in [0.05, 0.1) is 6.26 Å². The predicted molar refractivity (Wildman–Crippen MR) is 104 cm³/mol. The Morgan fingerprint density at radius 2 is 1.68 bits per heavy atom. The second-order valence-corrected chi connectivity index (χ2v) is 6.75. The summed E-state index contributed by atoms with van der Waals surface area (Å²) in [6.45, 7) is 3.80. The van der Waals surface area contributed by atoms with E-state index in [9.17, 15) is 14.4 Å². The summed E-state index contributed by atoms with van der Waals surface area (Å²) in [6, 6.07) is 12.1. The Morgan fingerprint density at radius 1 is 1.00 bits per heavy atom. The van der Waals surface area contributed by atoms with Crippen LogP contribution in [0.25, 0.3) is 0 Å². The van der Waals surface area contributed by atoms with E-state index >= 15 is 0 Å². The fraction of sp³-hybridized carbons (Fsp3) is 0.381. The van der Waals surface area contributed by atoms with Gasteiger partial charge in [-0.05, 0) is 17.7 Å². The molecule has 1 unspecified atom stereocenters. The van der Waals surface area contributed by atoms with E-state index in [1.54, 1.807) is 21.9 Å². The number of piperazine rings is 1. The van der Waals surface area contributed by atoms with Crippen molar-refractivity contribution in [2.45, 2.75) is 25.8 Å². The van der Waals surface area contributed by atoms with Gasteiger partial charge in [0.1, 0.15) is 6.04 Å². The van der Waals surface area contributed by atoms with Crippen LogP contribution in [-0.4, -0.2) is 59.7 Å². The van der Waals surface area contributed by atoms with Crippen molar-refractivity contribution in [2.24, 2.45) is 0 Å². The third kappa shape index (κ3) is 4.79. The van der Waals surface area contributed by atoms with Crippen LogP contribution in [0.1, 0.15) is 29.5 Å². The normalized spacial score (nSPS) is 15.2. The van der Waals surface area contributed by atoms with Gasteiger partial charge >= 0.3 is 0 Å². The molecule has 1 aromatic heterocycles. The van der Waals surface area contributed by atoms with Crippen LogP contribution in [0.2, 0.25) is 0 Å². The molecule has 0 saturated carbocycles. The molecule has 28 heavy (non-hydrogen) atoms. The Morgan fingerprint density at radius 3 is 2.29 bits per heavy atom. The van der Waals surface area contributed by atoms with Crippen molar-refractivity contribution in [3.05, 3.63) is 60.1 Å². The number of benzene rings is 1. The average Bonchev–Trinajstić information content (AvgIpc) is 3.28. The van der Waals surface area contributed by atoms with Gasteiger partial charge in [0.15, 0.2) is 5.76 Å². The number of hydrogen-bond donors (Lipinski definition) is 1. The lowest BCUT2D eigenvalue weighted by molar-refractivity contribution is -0.140. The Bertz CT molecular complexity index is 796. The standard InChI is InChI=1S/C21H25N3O4/c1-2-19(25)23-10-12-24(13-11-23)21(27)17(15-16-7-4-3-5-8-16)22-20(26)18-9-6-14-28-18/h3-9,14,17H,2,10-13,15H2,1H3,(H,22,26). The van der Waals surface area contributed by atoms with E-state index in [0.29, 0.717) is 39.0 Å². The van der Waals surface area contributed by atoms with Crippen LogP contribution in [0.3, 0.4) is 0 Å². The topological polar surface area (TPSA) is 82.9 Å². The average molecular weight is 383 g/mol. The highest BCUT2D eigenvalue weighted by atomic mass is 16.3. The van der Waals surface area contributed by atoms with E-state index in [1.165, 1.54) is 6.26 Å². The van der Waals surface area contributed by atoms with Crippen molar-refractivity contribution in [1.82, 2.24) is 15.1 Å². The Kier molecular flexibility index (Phi) is 6.47. The number of furan rings is 1. The number of carbonyl (C=O) groups is 3. The first-order chi connectivity index (χ1) is 13.6. The van der Waals surface area contributed by atoms with Gasteiger partial charge in [0.2, 0.25) is 11.8 Å². The fourth-order valence-corrected chi connectivity index (χ4v) is 3.31. The number of nitrogens with one attached hydrogen (secondary N) is 1. The maximum atomic E-state index is 13.1. The first kappa shape index (κ1) is 19.7. The molecule has 148 valence electrons. The summed E-state index contributed by atoms with van der Waals surface area (Å²) >= 11 is 0. The van der Waals surface area contributed by atoms with Crippen LogP contribution in [0.5, 0.6) is 0 Å². The first-order valence-electron chi connectivity index (χ1n) is 9.53. The van der Waals surface area contributed by atoms with Crippen molar-refractivity contribution in [3.8, 4) is 0 Å². The molecule has 1 aromatic carbocycles. The van der Waals surface area contributed by atoms with Gasteiger partial charge in [0.25, 0.3) is 5.91 Å². The van der Waals surface area contributed by atoms with Gasteiger partial charge in [0, 0.05) is 39.0 Å². The predicted octanol–water partition coefficient (Wildman–Crippen LogP) is 1.70. The zero-order valence-corrected chi connectivity index (χ0v) is 16.0. The van der Waals surface area contributed by atoms with E-state index in [4.69, 9.17) is 4.42 Å². The lowest BCUT2D eigenvalue weighted by Crippen LogP contribution is -2.56. The van der Waals surface area contributed by atoms with E-state index in [1.807, 2.05) is 37.3 Å². The molecule has 1 aliphatic rings. The van der Waals surface area contributed by atoms with E-state index < -0.39 is 11.9 Å². The molecule has 2 heterocycles. The molecule has 1 fully saturated rings.